The van der Waals surface area contributed by atoms with Crippen molar-refractivity contribution in [2.45, 2.75) is 18.8 Å². The summed E-state index contributed by atoms with van der Waals surface area (Å²) in [6.45, 7) is 4.30. The first-order valence-electron chi connectivity index (χ1n) is 11.8. The molecule has 1 fully saturated rings. The van der Waals surface area contributed by atoms with E-state index in [0.29, 0.717) is 17.2 Å². The van der Waals surface area contributed by atoms with Gasteiger partial charge in [-0.25, -0.2) is 9.07 Å². The number of benzene rings is 1. The third-order valence-electron chi connectivity index (χ3n) is 6.32. The summed E-state index contributed by atoms with van der Waals surface area (Å²) >= 11 is 0. The Kier molecular flexibility index (Phi) is 6.18. The second-order valence-corrected chi connectivity index (χ2v) is 8.68. The van der Waals surface area contributed by atoms with Gasteiger partial charge in [-0.3, -0.25) is 9.88 Å². The van der Waals surface area contributed by atoms with Crippen LogP contribution in [0, 0.1) is 0 Å². The zero-order chi connectivity index (χ0) is 24.3. The summed E-state index contributed by atoms with van der Waals surface area (Å²) < 4.78 is 27.3. The lowest BCUT2D eigenvalue weighted by atomic mass is 10.1. The molecule has 182 valence electrons. The molecule has 0 radical (unpaired) electrons. The lowest BCUT2D eigenvalue weighted by Crippen LogP contribution is -2.35. The number of aromatic nitrogens is 6. The van der Waals surface area contributed by atoms with Crippen molar-refractivity contribution < 1.29 is 13.7 Å². The van der Waals surface area contributed by atoms with Crippen molar-refractivity contribution in [2.24, 2.45) is 0 Å². The summed E-state index contributed by atoms with van der Waals surface area (Å²) in [6, 6.07) is 11.1. The van der Waals surface area contributed by atoms with Crippen LogP contribution in [0.3, 0.4) is 0 Å². The van der Waals surface area contributed by atoms with E-state index in [2.05, 4.69) is 42.5 Å². The van der Waals surface area contributed by atoms with Gasteiger partial charge in [0.1, 0.15) is 17.9 Å². The summed E-state index contributed by atoms with van der Waals surface area (Å²) in [7, 11) is 0. The van der Waals surface area contributed by atoms with Crippen molar-refractivity contribution in [3.05, 3.63) is 78.7 Å². The van der Waals surface area contributed by atoms with Crippen LogP contribution in [0.2, 0.25) is 0 Å². The van der Waals surface area contributed by atoms with E-state index in [4.69, 9.17) is 9.26 Å². The van der Waals surface area contributed by atoms with Gasteiger partial charge < -0.3 is 9.26 Å². The van der Waals surface area contributed by atoms with E-state index in [1.165, 1.54) is 11.6 Å². The molecule has 1 saturated heterocycles. The quantitative estimate of drug-likeness (QED) is 0.406. The Balaban J connectivity index is 1.30. The first kappa shape index (κ1) is 22.4. The van der Waals surface area contributed by atoms with Crippen LogP contribution >= 0.6 is 0 Å². The Morgan fingerprint density at radius 2 is 1.72 bits per heavy atom. The second kappa shape index (κ2) is 9.92. The number of pyridine rings is 1. The molecule has 6 rings (SSSR count). The first-order valence-corrected chi connectivity index (χ1v) is 11.8. The van der Waals surface area contributed by atoms with E-state index in [1.807, 2.05) is 24.3 Å². The van der Waals surface area contributed by atoms with Gasteiger partial charge in [-0.05, 0) is 23.8 Å². The minimum atomic E-state index is -1.24. The van der Waals surface area contributed by atoms with E-state index in [1.54, 1.807) is 35.3 Å². The standard InChI is InChI=1S/C26H24FN7O2/c27-21-3-1-2-4-22(21)34-24(19-9-11-28-12-10-19)23(30-32-34)26-29-25(31-36-26)20-7-5-18(6-8-20)17-33-13-15-35-16-14-33/h1-12,21-22H,13-17H2. The number of hydrogen-bond acceptors (Lipinski definition) is 8. The molecule has 9 nitrogen and oxygen atoms in total. The Morgan fingerprint density at radius 1 is 0.944 bits per heavy atom. The zero-order valence-corrected chi connectivity index (χ0v) is 19.4. The highest BCUT2D eigenvalue weighted by Crippen LogP contribution is 2.34. The molecular weight excluding hydrogens is 461 g/mol. The lowest BCUT2D eigenvalue weighted by molar-refractivity contribution is 0.0342. The molecule has 0 spiro atoms. The summed E-state index contributed by atoms with van der Waals surface area (Å²) in [5.41, 5.74) is 3.79. The van der Waals surface area contributed by atoms with Crippen LogP contribution in [0.5, 0.6) is 0 Å². The monoisotopic (exact) mass is 485 g/mol. The lowest BCUT2D eigenvalue weighted by Gasteiger charge is -2.26. The molecule has 2 unspecified atom stereocenters. The molecule has 2 aliphatic rings. The van der Waals surface area contributed by atoms with E-state index < -0.39 is 12.2 Å². The summed E-state index contributed by atoms with van der Waals surface area (Å²) in [5.74, 6) is 0.660. The van der Waals surface area contributed by atoms with Crippen LogP contribution in [0.25, 0.3) is 34.2 Å². The molecular formula is C26H24FN7O2. The maximum atomic E-state index is 14.7. The third-order valence-corrected chi connectivity index (χ3v) is 6.32. The molecule has 1 aliphatic heterocycles. The van der Waals surface area contributed by atoms with Gasteiger partial charge in [-0.15, -0.1) is 5.10 Å². The van der Waals surface area contributed by atoms with Crippen LogP contribution in [0.15, 0.2) is 77.6 Å². The SMILES string of the molecule is FC1C=CC=CC1n1nnc(-c2nc(-c3ccc(CN4CCOCC4)cc3)no2)c1-c1ccncc1. The van der Waals surface area contributed by atoms with Crippen molar-refractivity contribution >= 4 is 0 Å². The largest absolute Gasteiger partial charge is 0.379 e. The first-order chi connectivity index (χ1) is 17.8. The Bertz CT molecular complexity index is 1380. The Morgan fingerprint density at radius 3 is 2.50 bits per heavy atom. The Labute approximate surface area is 206 Å². The van der Waals surface area contributed by atoms with Gasteiger partial charge in [0.25, 0.3) is 5.89 Å². The van der Waals surface area contributed by atoms with Crippen LogP contribution in [0.1, 0.15) is 11.6 Å². The fourth-order valence-electron chi connectivity index (χ4n) is 4.42. The molecule has 4 heterocycles. The van der Waals surface area contributed by atoms with E-state index in [0.717, 1.165) is 44.0 Å². The predicted molar refractivity (Wildman–Crippen MR) is 130 cm³/mol. The molecule has 0 amide bonds. The average Bonchev–Trinajstić information content (AvgIpc) is 3.58. The molecule has 2 atom stereocenters. The van der Waals surface area contributed by atoms with Crippen molar-refractivity contribution in [2.75, 3.05) is 26.3 Å². The van der Waals surface area contributed by atoms with Gasteiger partial charge in [-0.2, -0.15) is 4.98 Å². The van der Waals surface area contributed by atoms with E-state index in [-0.39, 0.29) is 5.89 Å². The number of allylic oxidation sites excluding steroid dienone is 4. The maximum absolute atomic E-state index is 14.7. The highest BCUT2D eigenvalue weighted by Gasteiger charge is 2.29. The van der Waals surface area contributed by atoms with E-state index >= 15 is 0 Å². The number of alkyl halides is 1. The van der Waals surface area contributed by atoms with Gasteiger partial charge in [0.05, 0.1) is 13.2 Å². The fraction of sp³-hybridized carbons (Fsp3) is 0.269. The molecule has 0 bridgehead atoms. The third kappa shape index (κ3) is 4.48. The zero-order valence-electron chi connectivity index (χ0n) is 19.4. The average molecular weight is 486 g/mol. The number of halogens is 1. The highest BCUT2D eigenvalue weighted by atomic mass is 19.1. The fourth-order valence-corrected chi connectivity index (χ4v) is 4.42. The molecule has 0 N–H and O–H groups in total. The van der Waals surface area contributed by atoms with E-state index in [9.17, 15) is 4.39 Å². The molecule has 4 aromatic rings. The summed E-state index contributed by atoms with van der Waals surface area (Å²) in [5, 5.41) is 12.8. The normalized spacial score (nSPS) is 20.1. The summed E-state index contributed by atoms with van der Waals surface area (Å²) in [6.07, 6.45) is 8.82. The van der Waals surface area contributed by atoms with Crippen LogP contribution in [-0.2, 0) is 11.3 Å². The Hall–Kier alpha value is -4.02. The minimum Gasteiger partial charge on any atom is -0.379 e. The molecule has 3 aromatic heterocycles. The van der Waals surface area contributed by atoms with Crippen LogP contribution in [-0.4, -0.2) is 67.5 Å². The van der Waals surface area contributed by atoms with Gasteiger partial charge >= 0.3 is 0 Å². The number of morpholine rings is 1. The van der Waals surface area contributed by atoms with Crippen molar-refractivity contribution in [1.29, 1.82) is 0 Å². The van der Waals surface area contributed by atoms with Crippen molar-refractivity contribution in [3.63, 3.8) is 0 Å². The van der Waals surface area contributed by atoms with Crippen molar-refractivity contribution in [1.82, 2.24) is 35.0 Å². The number of rotatable bonds is 6. The smallest absolute Gasteiger partial charge is 0.281 e. The molecule has 1 aliphatic carbocycles. The molecule has 1 aromatic carbocycles. The number of hydrogen-bond donors (Lipinski definition) is 0. The van der Waals surface area contributed by atoms with Gasteiger partial charge in [0, 0.05) is 43.2 Å². The van der Waals surface area contributed by atoms with Crippen molar-refractivity contribution in [3.8, 4) is 34.2 Å². The van der Waals surface area contributed by atoms with Gasteiger partial charge in [-0.1, -0.05) is 52.9 Å². The summed E-state index contributed by atoms with van der Waals surface area (Å²) in [4.78, 5) is 11.1. The minimum absolute atomic E-state index is 0.214. The second-order valence-electron chi connectivity index (χ2n) is 8.68. The van der Waals surface area contributed by atoms with Gasteiger partial charge in [0.2, 0.25) is 5.82 Å². The van der Waals surface area contributed by atoms with Crippen LogP contribution < -0.4 is 0 Å². The van der Waals surface area contributed by atoms with Crippen LogP contribution in [0.4, 0.5) is 4.39 Å². The maximum Gasteiger partial charge on any atom is 0.281 e. The molecule has 10 heteroatoms. The topological polar surface area (TPSA) is 95.0 Å². The predicted octanol–water partition coefficient (Wildman–Crippen LogP) is 3.89. The highest BCUT2D eigenvalue weighted by molar-refractivity contribution is 5.74. The number of nitrogens with zero attached hydrogens (tertiary/aromatic N) is 7. The molecule has 0 saturated carbocycles. The van der Waals surface area contributed by atoms with Gasteiger partial charge in [0.15, 0.2) is 5.69 Å². The number of ether oxygens (including phenoxy) is 1. The molecule has 36 heavy (non-hydrogen) atoms.